The second-order valence-corrected chi connectivity index (χ2v) is 18.2. The summed E-state index contributed by atoms with van der Waals surface area (Å²) in [6.45, 7) is 10.9. The number of hydrogen-bond acceptors (Lipinski definition) is 11. The van der Waals surface area contributed by atoms with Crippen LogP contribution in [0.3, 0.4) is 0 Å². The van der Waals surface area contributed by atoms with E-state index in [1.807, 2.05) is 0 Å². The van der Waals surface area contributed by atoms with Crippen LogP contribution < -0.4 is 40.3 Å². The molecule has 3 aromatic rings. The van der Waals surface area contributed by atoms with Crippen LogP contribution in [0.2, 0.25) is 0 Å². The molecular formula is C55H84N4O9. The Morgan fingerprint density at radius 3 is 1.50 bits per heavy atom. The van der Waals surface area contributed by atoms with Crippen molar-refractivity contribution in [2.45, 2.75) is 182 Å². The van der Waals surface area contributed by atoms with E-state index in [4.69, 9.17) is 23.7 Å². The molecule has 0 unspecified atom stereocenters. The van der Waals surface area contributed by atoms with Crippen LogP contribution in [-0.2, 0) is 14.1 Å². The molecule has 2 heterocycles. The van der Waals surface area contributed by atoms with Gasteiger partial charge in [-0.05, 0) is 31.7 Å². The SMILES string of the molecule is CCCCCCCCOc1cc(N=Cc2c(O)n(C)c(=O)n(C)c2=O)c(N/C=C2\COc3cc(OCCCCCCCC)c(OCCCCCCCC)cc3C2=O)cc1OCCCCCCCC. The number of benzene rings is 2. The standard InChI is InChI=1S/C55H84N4O9/c1-7-11-15-19-23-27-31-64-48-35-43-47(38-51(48)67-34-30-26-22-18-14-10-4)68-41-42(52(43)60)39-56-45-36-49(65-32-28-24-20-16-12-8-2)50(66-33-29-25-21-17-13-9-3)37-46(45)57-40-44-53(61)58(5)55(63)59(6)54(44)62/h35-40,56,61H,7-34,41H2,1-6H3/b42-39+,57-40?. The molecular weight excluding hydrogens is 861 g/mol. The molecule has 0 radical (unpaired) electrons. The first-order chi connectivity index (χ1) is 33.1. The van der Waals surface area contributed by atoms with Crippen molar-refractivity contribution in [2.24, 2.45) is 19.1 Å². The van der Waals surface area contributed by atoms with E-state index in [1.165, 1.54) is 110 Å². The van der Waals surface area contributed by atoms with Gasteiger partial charge in [-0.25, -0.2) is 4.79 Å². The van der Waals surface area contributed by atoms with Gasteiger partial charge in [-0.3, -0.25) is 23.7 Å². The van der Waals surface area contributed by atoms with Gasteiger partial charge < -0.3 is 34.1 Å². The number of ketones is 1. The molecule has 1 aliphatic heterocycles. The Morgan fingerprint density at radius 2 is 1.01 bits per heavy atom. The highest BCUT2D eigenvalue weighted by Crippen LogP contribution is 2.41. The van der Waals surface area contributed by atoms with E-state index in [0.717, 1.165) is 73.3 Å². The van der Waals surface area contributed by atoms with Gasteiger partial charge >= 0.3 is 5.69 Å². The van der Waals surface area contributed by atoms with Crippen molar-refractivity contribution in [1.82, 2.24) is 9.13 Å². The van der Waals surface area contributed by atoms with Crippen molar-refractivity contribution in [3.05, 3.63) is 68.0 Å². The van der Waals surface area contributed by atoms with Crippen molar-refractivity contribution in [2.75, 3.05) is 38.4 Å². The minimum Gasteiger partial charge on any atom is -0.494 e. The Bertz CT molecular complexity index is 2160. The fourth-order valence-electron chi connectivity index (χ4n) is 8.09. The number of carbonyl (C=O) groups is 1. The van der Waals surface area contributed by atoms with Gasteiger partial charge in [0.2, 0.25) is 5.88 Å². The highest BCUT2D eigenvalue weighted by Gasteiger charge is 2.27. The van der Waals surface area contributed by atoms with E-state index in [-0.39, 0.29) is 18.0 Å². The quantitative estimate of drug-likeness (QED) is 0.0327. The maximum Gasteiger partial charge on any atom is 0.333 e. The topological polar surface area (TPSA) is 152 Å². The number of nitrogens with zero attached hydrogens (tertiary/aromatic N) is 3. The predicted molar refractivity (Wildman–Crippen MR) is 276 cm³/mol. The van der Waals surface area contributed by atoms with Crippen LogP contribution in [0.25, 0.3) is 0 Å². The lowest BCUT2D eigenvalue weighted by Crippen LogP contribution is -2.38. The summed E-state index contributed by atoms with van der Waals surface area (Å²) in [6.07, 6.45) is 29.8. The summed E-state index contributed by atoms with van der Waals surface area (Å²) in [7, 11) is 2.73. The van der Waals surface area contributed by atoms with Crippen LogP contribution in [0.15, 0.2) is 50.6 Å². The van der Waals surface area contributed by atoms with Gasteiger partial charge in [-0.15, -0.1) is 0 Å². The Balaban J connectivity index is 1.66. The van der Waals surface area contributed by atoms with Crippen LogP contribution in [-0.4, -0.2) is 59.3 Å². The number of aliphatic imine (C=N–C) groups is 1. The first kappa shape index (κ1) is 55.4. The summed E-state index contributed by atoms with van der Waals surface area (Å²) >= 11 is 0. The van der Waals surface area contributed by atoms with Crippen LogP contribution in [0.5, 0.6) is 34.6 Å². The first-order valence-electron chi connectivity index (χ1n) is 26.2. The smallest absolute Gasteiger partial charge is 0.333 e. The normalized spacial score (nSPS) is 13.0. The van der Waals surface area contributed by atoms with E-state index < -0.39 is 17.1 Å². The van der Waals surface area contributed by atoms with Gasteiger partial charge in [0.15, 0.2) is 28.8 Å². The maximum absolute atomic E-state index is 14.3. The minimum atomic E-state index is -0.695. The second-order valence-electron chi connectivity index (χ2n) is 18.2. The van der Waals surface area contributed by atoms with Gasteiger partial charge in [0.1, 0.15) is 17.9 Å². The van der Waals surface area contributed by atoms with E-state index in [2.05, 4.69) is 38.0 Å². The molecule has 0 bridgehead atoms. The average Bonchev–Trinajstić information content (AvgIpc) is 3.34. The molecule has 68 heavy (non-hydrogen) atoms. The Kier molecular flexibility index (Phi) is 25.9. The largest absolute Gasteiger partial charge is 0.494 e. The van der Waals surface area contributed by atoms with Gasteiger partial charge in [0.25, 0.3) is 5.56 Å². The molecule has 13 heteroatoms. The third-order valence-electron chi connectivity index (χ3n) is 12.5. The zero-order chi connectivity index (χ0) is 48.9. The van der Waals surface area contributed by atoms with Crippen LogP contribution in [0, 0.1) is 0 Å². The lowest BCUT2D eigenvalue weighted by molar-refractivity contribution is 0.0998. The molecule has 2 aromatic carbocycles. The molecule has 0 atom stereocenters. The second kappa shape index (κ2) is 31.8. The van der Waals surface area contributed by atoms with Crippen molar-refractivity contribution >= 4 is 23.4 Å². The lowest BCUT2D eigenvalue weighted by atomic mass is 10.00. The van der Waals surface area contributed by atoms with E-state index in [9.17, 15) is 19.5 Å². The number of Topliss-reactive ketones (excluding diaryl/α,β-unsaturated/α-hetero) is 1. The van der Waals surface area contributed by atoms with Gasteiger partial charge in [0.05, 0.1) is 48.9 Å². The Labute approximate surface area is 406 Å². The van der Waals surface area contributed by atoms with E-state index in [0.29, 0.717) is 77.7 Å². The molecule has 0 saturated heterocycles. The van der Waals surface area contributed by atoms with E-state index >= 15 is 0 Å². The lowest BCUT2D eigenvalue weighted by Gasteiger charge is -2.22. The fraction of sp³-hybridized carbons (Fsp3) is 0.636. The number of fused-ring (bicyclic) bond motifs is 1. The van der Waals surface area contributed by atoms with Crippen LogP contribution in [0.4, 0.5) is 11.4 Å². The highest BCUT2D eigenvalue weighted by molar-refractivity contribution is 6.12. The number of carbonyl (C=O) groups excluding carboxylic acids is 1. The number of ether oxygens (including phenoxy) is 5. The van der Waals surface area contributed by atoms with Crippen LogP contribution >= 0.6 is 0 Å². The van der Waals surface area contributed by atoms with E-state index in [1.54, 1.807) is 30.5 Å². The molecule has 378 valence electrons. The van der Waals surface area contributed by atoms with Crippen molar-refractivity contribution in [3.63, 3.8) is 0 Å². The molecule has 13 nitrogen and oxygen atoms in total. The molecule has 1 aliphatic rings. The number of unbranched alkanes of at least 4 members (excludes halogenated alkanes) is 20. The Morgan fingerprint density at radius 1 is 0.588 bits per heavy atom. The zero-order valence-electron chi connectivity index (χ0n) is 42.5. The first-order valence-corrected chi connectivity index (χ1v) is 26.2. The average molecular weight is 945 g/mol. The van der Waals surface area contributed by atoms with Gasteiger partial charge in [-0.2, -0.15) is 0 Å². The summed E-state index contributed by atoms with van der Waals surface area (Å²) in [5.74, 6) is 1.83. The third-order valence-corrected chi connectivity index (χ3v) is 12.5. The summed E-state index contributed by atoms with van der Waals surface area (Å²) in [4.78, 5) is 44.7. The predicted octanol–water partition coefficient (Wildman–Crippen LogP) is 13.1. The highest BCUT2D eigenvalue weighted by atomic mass is 16.5. The zero-order valence-corrected chi connectivity index (χ0v) is 42.5. The molecule has 2 N–H and O–H groups in total. The number of rotatable bonds is 36. The van der Waals surface area contributed by atoms with Crippen LogP contribution in [0.1, 0.15) is 198 Å². The molecule has 0 spiro atoms. The number of aromatic nitrogens is 2. The number of aromatic hydroxyl groups is 1. The summed E-state index contributed by atoms with van der Waals surface area (Å²) < 4.78 is 33.5. The van der Waals surface area contributed by atoms with Crippen molar-refractivity contribution in [1.29, 1.82) is 0 Å². The third kappa shape index (κ3) is 18.0. The number of hydrogen-bond donors (Lipinski definition) is 2. The molecule has 4 rings (SSSR count). The Hall–Kier alpha value is -5.20. The van der Waals surface area contributed by atoms with Gasteiger partial charge in [-0.1, -0.05) is 156 Å². The summed E-state index contributed by atoms with van der Waals surface area (Å²) in [5.41, 5.74) is 0.0509. The molecule has 0 fully saturated rings. The molecule has 1 aromatic heterocycles. The van der Waals surface area contributed by atoms with Crippen molar-refractivity contribution < 1.29 is 33.6 Å². The molecule has 0 aliphatic carbocycles. The fourth-order valence-corrected chi connectivity index (χ4v) is 8.09. The van der Waals surface area contributed by atoms with Gasteiger partial charge in [0, 0.05) is 44.7 Å². The summed E-state index contributed by atoms with van der Waals surface area (Å²) in [5, 5.41) is 14.2. The van der Waals surface area contributed by atoms with Crippen molar-refractivity contribution in [3.8, 4) is 34.6 Å². The molecule has 0 amide bonds. The summed E-state index contributed by atoms with van der Waals surface area (Å²) in [6, 6.07) is 7.07. The monoisotopic (exact) mass is 945 g/mol. The minimum absolute atomic E-state index is 0.00899. The molecule has 0 saturated carbocycles. The maximum atomic E-state index is 14.3. The number of nitrogens with one attached hydrogen (secondary N) is 1. The number of anilines is 1.